The molecular weight excluding hydrogens is 602 g/mol. The summed E-state index contributed by atoms with van der Waals surface area (Å²) in [5.74, 6) is -0.647. The number of ether oxygens (including phenoxy) is 2. The van der Waals surface area contributed by atoms with Gasteiger partial charge >= 0.3 is 11.8 Å². The molecule has 2 heterocycles. The Bertz CT molecular complexity index is 1590. The first-order valence-electron chi connectivity index (χ1n) is 15.4. The number of nitrogens with zero attached hydrogens (tertiary/aromatic N) is 2. The highest BCUT2D eigenvalue weighted by Crippen LogP contribution is 2.38. The first-order chi connectivity index (χ1) is 22.1. The van der Waals surface area contributed by atoms with Gasteiger partial charge in [-0.25, -0.2) is 9.59 Å². The van der Waals surface area contributed by atoms with Gasteiger partial charge in [-0.3, -0.25) is 9.88 Å². The van der Waals surface area contributed by atoms with Crippen LogP contribution in [0.1, 0.15) is 39.0 Å². The van der Waals surface area contributed by atoms with E-state index in [9.17, 15) is 19.8 Å². The van der Waals surface area contributed by atoms with E-state index in [1.807, 2.05) is 66.7 Å². The molecule has 242 valence electrons. The maximum atomic E-state index is 13.0. The van der Waals surface area contributed by atoms with Crippen LogP contribution in [0, 0.1) is 5.92 Å². The van der Waals surface area contributed by atoms with Crippen LogP contribution >= 0.6 is 0 Å². The quantitative estimate of drug-likeness (QED) is 0.210. The van der Waals surface area contributed by atoms with Gasteiger partial charge in [-0.15, -0.1) is 0 Å². The number of anilines is 1. The summed E-state index contributed by atoms with van der Waals surface area (Å²) >= 11 is 0. The zero-order chi connectivity index (χ0) is 32.7. The molecular formula is C35H41N3O7Si. The lowest BCUT2D eigenvalue weighted by atomic mass is 9.97. The normalized spacial score (nSPS) is 19.9. The van der Waals surface area contributed by atoms with E-state index in [2.05, 4.69) is 55.3 Å². The second-order valence-corrected chi connectivity index (χ2v) is 16.7. The van der Waals surface area contributed by atoms with Gasteiger partial charge in [0.05, 0.1) is 12.7 Å². The van der Waals surface area contributed by atoms with Crippen molar-refractivity contribution >= 4 is 30.6 Å². The van der Waals surface area contributed by atoms with Gasteiger partial charge in [0.1, 0.15) is 18.5 Å². The van der Waals surface area contributed by atoms with Crippen molar-refractivity contribution in [2.24, 2.45) is 5.92 Å². The fourth-order valence-electron chi connectivity index (χ4n) is 6.16. The van der Waals surface area contributed by atoms with Crippen LogP contribution < -0.4 is 21.4 Å². The van der Waals surface area contributed by atoms with Gasteiger partial charge in [-0.05, 0) is 33.5 Å². The van der Waals surface area contributed by atoms with Gasteiger partial charge < -0.3 is 24.1 Å². The standard InChI is InChI=1S/C35H41N3O7Si/c1-35(2,3)46(26-15-9-5-10-16-26,27-17-11-6-12-18-27)44-22-20-29-28(23-39)31(40)32(45-29)38-21-19-30(36-33(38)41)37-34(42)43-24-25-13-7-4-8-14-25/h4-19,21,28-29,31-32,39-40H,20,22-24H2,1-3H3,(H,36,37,41,42)/t28-,29-,31-,32-/m1/s1. The Kier molecular flexibility index (Phi) is 10.5. The molecule has 0 saturated carbocycles. The zero-order valence-corrected chi connectivity index (χ0v) is 27.3. The maximum absolute atomic E-state index is 13.0. The number of rotatable bonds is 11. The number of amides is 1. The molecule has 1 aliphatic rings. The van der Waals surface area contributed by atoms with Crippen molar-refractivity contribution in [2.45, 2.75) is 57.3 Å². The number of carbonyl (C=O) groups is 1. The molecule has 0 bridgehead atoms. The van der Waals surface area contributed by atoms with E-state index in [1.165, 1.54) is 12.3 Å². The molecule has 1 amide bonds. The second kappa shape index (κ2) is 14.5. The molecule has 1 fully saturated rings. The average molecular weight is 644 g/mol. The molecule has 46 heavy (non-hydrogen) atoms. The Labute approximate surface area is 269 Å². The van der Waals surface area contributed by atoms with Crippen LogP contribution in [-0.2, 0) is 20.5 Å². The third kappa shape index (κ3) is 7.14. The lowest BCUT2D eigenvalue weighted by Gasteiger charge is -2.43. The first kappa shape index (κ1) is 33.2. The number of carbonyl (C=O) groups excluding carboxylic acids is 1. The lowest BCUT2D eigenvalue weighted by Crippen LogP contribution is -2.66. The Balaban J connectivity index is 1.28. The van der Waals surface area contributed by atoms with Gasteiger partial charge in [0, 0.05) is 18.7 Å². The van der Waals surface area contributed by atoms with Crippen LogP contribution in [0.2, 0.25) is 5.04 Å². The number of hydrogen-bond donors (Lipinski definition) is 3. The maximum Gasteiger partial charge on any atom is 0.413 e. The van der Waals surface area contributed by atoms with Crippen LogP contribution in [0.15, 0.2) is 108 Å². The number of aliphatic hydroxyl groups is 2. The van der Waals surface area contributed by atoms with Gasteiger partial charge in [-0.2, -0.15) is 4.98 Å². The van der Waals surface area contributed by atoms with Crippen molar-refractivity contribution in [3.8, 4) is 0 Å². The van der Waals surface area contributed by atoms with E-state index in [0.717, 1.165) is 20.5 Å². The van der Waals surface area contributed by atoms with Gasteiger partial charge in [0.25, 0.3) is 8.32 Å². The zero-order valence-electron chi connectivity index (χ0n) is 26.3. The molecule has 1 aliphatic heterocycles. The predicted molar refractivity (Wildman–Crippen MR) is 177 cm³/mol. The summed E-state index contributed by atoms with van der Waals surface area (Å²) in [6.45, 7) is 6.63. The van der Waals surface area contributed by atoms with Crippen LogP contribution in [-0.4, -0.2) is 59.6 Å². The molecule has 3 N–H and O–H groups in total. The Morgan fingerprint density at radius 2 is 1.54 bits per heavy atom. The summed E-state index contributed by atoms with van der Waals surface area (Å²) in [4.78, 5) is 29.2. The Morgan fingerprint density at radius 1 is 0.957 bits per heavy atom. The van der Waals surface area contributed by atoms with E-state index < -0.39 is 44.5 Å². The highest BCUT2D eigenvalue weighted by atomic mass is 28.4. The van der Waals surface area contributed by atoms with Crippen molar-refractivity contribution in [1.82, 2.24) is 9.55 Å². The molecule has 4 atom stereocenters. The van der Waals surface area contributed by atoms with Crippen LogP contribution in [0.25, 0.3) is 0 Å². The SMILES string of the molecule is CC(C)(C)[Si](OCC[C@H]1O[C@@H](n2ccc(NC(=O)OCc3ccccc3)nc2=O)[C@H](O)[C@@H]1CO)(c1ccccc1)c1ccccc1. The highest BCUT2D eigenvalue weighted by Gasteiger charge is 2.51. The molecule has 0 aliphatic carbocycles. The Hall–Kier alpha value is -4.13. The summed E-state index contributed by atoms with van der Waals surface area (Å²) in [5, 5.41) is 25.9. The van der Waals surface area contributed by atoms with Crippen molar-refractivity contribution in [3.63, 3.8) is 0 Å². The molecule has 1 aromatic heterocycles. The number of benzene rings is 3. The highest BCUT2D eigenvalue weighted by molar-refractivity contribution is 6.99. The minimum Gasteiger partial charge on any atom is -0.444 e. The van der Waals surface area contributed by atoms with Crippen molar-refractivity contribution in [1.29, 1.82) is 0 Å². The largest absolute Gasteiger partial charge is 0.444 e. The number of hydrogen-bond acceptors (Lipinski definition) is 8. The van der Waals surface area contributed by atoms with Crippen molar-refractivity contribution in [3.05, 3.63) is 119 Å². The van der Waals surface area contributed by atoms with E-state index in [4.69, 9.17) is 13.9 Å². The van der Waals surface area contributed by atoms with E-state index in [1.54, 1.807) is 0 Å². The van der Waals surface area contributed by atoms with E-state index >= 15 is 0 Å². The summed E-state index contributed by atoms with van der Waals surface area (Å²) in [6, 6.07) is 31.2. The summed E-state index contributed by atoms with van der Waals surface area (Å²) in [6.07, 6.45) is -1.80. The molecule has 5 rings (SSSR count). The molecule has 0 unspecified atom stereocenters. The average Bonchev–Trinajstić information content (AvgIpc) is 3.37. The van der Waals surface area contributed by atoms with Crippen LogP contribution in [0.5, 0.6) is 0 Å². The van der Waals surface area contributed by atoms with Gasteiger partial charge in [0.2, 0.25) is 0 Å². The summed E-state index contributed by atoms with van der Waals surface area (Å²) in [5.41, 5.74) is 0.0872. The summed E-state index contributed by atoms with van der Waals surface area (Å²) < 4.78 is 19.5. The first-order valence-corrected chi connectivity index (χ1v) is 17.3. The van der Waals surface area contributed by atoms with Crippen molar-refractivity contribution < 1.29 is 28.9 Å². The lowest BCUT2D eigenvalue weighted by molar-refractivity contribution is -0.0443. The van der Waals surface area contributed by atoms with Crippen LogP contribution in [0.4, 0.5) is 10.6 Å². The molecule has 3 aromatic carbocycles. The molecule has 11 heteroatoms. The number of aliphatic hydroxyl groups excluding tert-OH is 2. The van der Waals surface area contributed by atoms with Crippen molar-refractivity contribution in [2.75, 3.05) is 18.5 Å². The van der Waals surface area contributed by atoms with Gasteiger partial charge in [0.15, 0.2) is 6.23 Å². The minimum atomic E-state index is -2.80. The minimum absolute atomic E-state index is 0.000703. The number of nitrogens with one attached hydrogen (secondary N) is 1. The Morgan fingerprint density at radius 3 is 2.09 bits per heavy atom. The molecule has 4 aromatic rings. The van der Waals surface area contributed by atoms with E-state index in [-0.39, 0.29) is 24.1 Å². The summed E-state index contributed by atoms with van der Waals surface area (Å²) in [7, 11) is -2.80. The topological polar surface area (TPSA) is 132 Å². The van der Waals surface area contributed by atoms with Crippen LogP contribution in [0.3, 0.4) is 0 Å². The molecule has 0 spiro atoms. The van der Waals surface area contributed by atoms with E-state index in [0.29, 0.717) is 13.0 Å². The van der Waals surface area contributed by atoms with Gasteiger partial charge in [-0.1, -0.05) is 112 Å². The molecule has 0 radical (unpaired) electrons. The third-order valence-electron chi connectivity index (χ3n) is 8.42. The monoisotopic (exact) mass is 643 g/mol. The molecule has 1 saturated heterocycles. The number of aromatic nitrogens is 2. The molecule has 10 nitrogen and oxygen atoms in total. The fraction of sp³-hybridized carbons (Fsp3) is 0.343. The smallest absolute Gasteiger partial charge is 0.413 e. The second-order valence-electron chi connectivity index (χ2n) is 12.4. The predicted octanol–water partition coefficient (Wildman–Crippen LogP) is 3.83. The third-order valence-corrected chi connectivity index (χ3v) is 13.5. The fourth-order valence-corrected chi connectivity index (χ4v) is 10.7.